The molecule has 0 amide bonds. The van der Waals surface area contributed by atoms with Gasteiger partial charge in [-0.2, -0.15) is 0 Å². The van der Waals surface area contributed by atoms with E-state index in [0.717, 1.165) is 17.3 Å². The van der Waals surface area contributed by atoms with Crippen LogP contribution in [0.5, 0.6) is 0 Å². The first-order valence-corrected chi connectivity index (χ1v) is 5.26. The summed E-state index contributed by atoms with van der Waals surface area (Å²) in [6, 6.07) is 0.616. The molecule has 1 aliphatic carbocycles. The fourth-order valence-electron chi connectivity index (χ4n) is 1.79. The SMILES string of the molecule is Cc1nc(C(C)(C)C)n(C2CC2)c1N. The van der Waals surface area contributed by atoms with E-state index in [9.17, 15) is 0 Å². The van der Waals surface area contributed by atoms with Crippen LogP contribution < -0.4 is 5.73 Å². The summed E-state index contributed by atoms with van der Waals surface area (Å²) in [6.07, 6.45) is 2.51. The van der Waals surface area contributed by atoms with Crippen LogP contribution in [0.4, 0.5) is 5.82 Å². The minimum atomic E-state index is 0.0883. The highest BCUT2D eigenvalue weighted by atomic mass is 15.2. The zero-order valence-corrected chi connectivity index (χ0v) is 9.46. The molecule has 0 radical (unpaired) electrons. The molecule has 14 heavy (non-hydrogen) atoms. The van der Waals surface area contributed by atoms with Crippen molar-refractivity contribution in [3.05, 3.63) is 11.5 Å². The van der Waals surface area contributed by atoms with Gasteiger partial charge in [0.1, 0.15) is 11.6 Å². The van der Waals surface area contributed by atoms with E-state index in [4.69, 9.17) is 5.73 Å². The average molecular weight is 193 g/mol. The van der Waals surface area contributed by atoms with Gasteiger partial charge in [-0.3, -0.25) is 0 Å². The van der Waals surface area contributed by atoms with Gasteiger partial charge in [-0.15, -0.1) is 0 Å². The summed E-state index contributed by atoms with van der Waals surface area (Å²) in [5, 5.41) is 0. The molecule has 1 aromatic rings. The van der Waals surface area contributed by atoms with Gasteiger partial charge in [0.2, 0.25) is 0 Å². The van der Waals surface area contributed by atoms with E-state index in [0.29, 0.717) is 6.04 Å². The monoisotopic (exact) mass is 193 g/mol. The Morgan fingerprint density at radius 3 is 2.36 bits per heavy atom. The van der Waals surface area contributed by atoms with Crippen LogP contribution in [-0.2, 0) is 5.41 Å². The Hall–Kier alpha value is -0.990. The highest BCUT2D eigenvalue weighted by Gasteiger charge is 2.32. The van der Waals surface area contributed by atoms with Gasteiger partial charge in [0, 0.05) is 11.5 Å². The number of hydrogen-bond donors (Lipinski definition) is 1. The number of nitrogens with two attached hydrogens (primary N) is 1. The van der Waals surface area contributed by atoms with Gasteiger partial charge in [-0.25, -0.2) is 4.98 Å². The predicted octanol–water partition coefficient (Wildman–Crippen LogP) is 2.41. The van der Waals surface area contributed by atoms with Crippen molar-refractivity contribution >= 4 is 5.82 Å². The number of imidazole rings is 1. The number of rotatable bonds is 1. The van der Waals surface area contributed by atoms with Crippen molar-refractivity contribution < 1.29 is 0 Å². The Kier molecular flexibility index (Phi) is 1.88. The molecule has 1 heterocycles. The maximum atomic E-state index is 6.04. The van der Waals surface area contributed by atoms with Gasteiger partial charge in [-0.1, -0.05) is 20.8 Å². The second-order valence-electron chi connectivity index (χ2n) is 5.26. The fourth-order valence-corrected chi connectivity index (χ4v) is 1.79. The third kappa shape index (κ3) is 1.41. The van der Waals surface area contributed by atoms with E-state index in [1.165, 1.54) is 12.8 Å². The summed E-state index contributed by atoms with van der Waals surface area (Å²) in [6.45, 7) is 8.55. The van der Waals surface area contributed by atoms with E-state index >= 15 is 0 Å². The number of anilines is 1. The molecule has 0 unspecified atom stereocenters. The van der Waals surface area contributed by atoms with Gasteiger partial charge < -0.3 is 10.3 Å². The molecule has 2 N–H and O–H groups in total. The Labute approximate surface area is 85.3 Å². The Balaban J connectivity index is 2.53. The molecule has 0 spiro atoms. The Morgan fingerprint density at radius 1 is 1.36 bits per heavy atom. The standard InChI is InChI=1S/C11H19N3/c1-7-9(12)14(8-5-6-8)10(13-7)11(2,3)4/h8H,5-6,12H2,1-4H3. The molecule has 0 bridgehead atoms. The van der Waals surface area contributed by atoms with Crippen molar-refractivity contribution in [3.63, 3.8) is 0 Å². The van der Waals surface area contributed by atoms with Crippen molar-refractivity contribution in [3.8, 4) is 0 Å². The average Bonchev–Trinajstić information content (AvgIpc) is 2.81. The third-order valence-corrected chi connectivity index (χ3v) is 2.71. The van der Waals surface area contributed by atoms with Gasteiger partial charge in [0.25, 0.3) is 0 Å². The lowest BCUT2D eigenvalue weighted by molar-refractivity contribution is 0.504. The molecule has 3 nitrogen and oxygen atoms in total. The first-order chi connectivity index (χ1) is 6.41. The lowest BCUT2D eigenvalue weighted by atomic mass is 9.95. The van der Waals surface area contributed by atoms with Gasteiger partial charge in [0.05, 0.1) is 5.69 Å². The molecular formula is C11H19N3. The predicted molar refractivity (Wildman–Crippen MR) is 58.3 cm³/mol. The molecule has 1 saturated carbocycles. The molecule has 0 aliphatic heterocycles. The minimum Gasteiger partial charge on any atom is -0.384 e. The maximum Gasteiger partial charge on any atom is 0.126 e. The van der Waals surface area contributed by atoms with Crippen LogP contribution in [-0.4, -0.2) is 9.55 Å². The molecule has 78 valence electrons. The first-order valence-electron chi connectivity index (χ1n) is 5.26. The van der Waals surface area contributed by atoms with E-state index in [-0.39, 0.29) is 5.41 Å². The van der Waals surface area contributed by atoms with E-state index < -0.39 is 0 Å². The lowest BCUT2D eigenvalue weighted by Crippen LogP contribution is -2.19. The van der Waals surface area contributed by atoms with Crippen LogP contribution in [0.15, 0.2) is 0 Å². The van der Waals surface area contributed by atoms with E-state index in [2.05, 4.69) is 30.3 Å². The van der Waals surface area contributed by atoms with Crippen LogP contribution >= 0.6 is 0 Å². The normalized spacial score (nSPS) is 17.4. The quantitative estimate of drug-likeness (QED) is 0.744. The van der Waals surface area contributed by atoms with Crippen molar-refractivity contribution in [2.45, 2.75) is 52.0 Å². The second-order valence-corrected chi connectivity index (χ2v) is 5.26. The molecule has 1 aromatic heterocycles. The molecule has 3 heteroatoms. The number of nitrogens with zero attached hydrogens (tertiary/aromatic N) is 2. The highest BCUT2D eigenvalue weighted by molar-refractivity contribution is 5.40. The van der Waals surface area contributed by atoms with E-state index in [1.807, 2.05) is 6.92 Å². The molecule has 1 aliphatic rings. The summed E-state index contributed by atoms with van der Waals surface area (Å²) < 4.78 is 2.23. The molecular weight excluding hydrogens is 174 g/mol. The number of hydrogen-bond acceptors (Lipinski definition) is 2. The summed E-state index contributed by atoms with van der Waals surface area (Å²) in [4.78, 5) is 4.58. The molecule has 0 aromatic carbocycles. The zero-order chi connectivity index (χ0) is 10.5. The van der Waals surface area contributed by atoms with E-state index in [1.54, 1.807) is 0 Å². The fraction of sp³-hybridized carbons (Fsp3) is 0.727. The zero-order valence-electron chi connectivity index (χ0n) is 9.46. The first kappa shape index (κ1) is 9.56. The van der Waals surface area contributed by atoms with Crippen LogP contribution in [0.3, 0.4) is 0 Å². The smallest absolute Gasteiger partial charge is 0.126 e. The summed E-state index contributed by atoms with van der Waals surface area (Å²) in [5.41, 5.74) is 7.10. The minimum absolute atomic E-state index is 0.0883. The Bertz CT molecular complexity index is 353. The Morgan fingerprint density at radius 2 is 1.93 bits per heavy atom. The topological polar surface area (TPSA) is 43.8 Å². The summed E-state index contributed by atoms with van der Waals surface area (Å²) in [7, 11) is 0. The summed E-state index contributed by atoms with van der Waals surface area (Å²) in [5.74, 6) is 1.99. The second kappa shape index (κ2) is 2.75. The number of nitrogen functional groups attached to an aromatic ring is 1. The van der Waals surface area contributed by atoms with Gasteiger partial charge in [0.15, 0.2) is 0 Å². The van der Waals surface area contributed by atoms with Gasteiger partial charge in [-0.05, 0) is 19.8 Å². The van der Waals surface area contributed by atoms with Crippen molar-refractivity contribution in [2.24, 2.45) is 0 Å². The van der Waals surface area contributed by atoms with Crippen LogP contribution in [0, 0.1) is 6.92 Å². The molecule has 0 atom stereocenters. The van der Waals surface area contributed by atoms with Crippen molar-refractivity contribution in [1.82, 2.24) is 9.55 Å². The van der Waals surface area contributed by atoms with Crippen molar-refractivity contribution in [1.29, 1.82) is 0 Å². The van der Waals surface area contributed by atoms with Gasteiger partial charge >= 0.3 is 0 Å². The molecule has 0 saturated heterocycles. The van der Waals surface area contributed by atoms with Crippen LogP contribution in [0.2, 0.25) is 0 Å². The maximum absolute atomic E-state index is 6.04. The summed E-state index contributed by atoms with van der Waals surface area (Å²) >= 11 is 0. The number of aromatic nitrogens is 2. The third-order valence-electron chi connectivity index (χ3n) is 2.71. The molecule has 2 rings (SSSR count). The molecule has 1 fully saturated rings. The van der Waals surface area contributed by atoms with Crippen molar-refractivity contribution in [2.75, 3.05) is 5.73 Å². The van der Waals surface area contributed by atoms with Crippen LogP contribution in [0.25, 0.3) is 0 Å². The number of aryl methyl sites for hydroxylation is 1. The largest absolute Gasteiger partial charge is 0.384 e. The highest BCUT2D eigenvalue weighted by Crippen LogP contribution is 2.41. The van der Waals surface area contributed by atoms with Crippen LogP contribution in [0.1, 0.15) is 51.2 Å². The lowest BCUT2D eigenvalue weighted by Gasteiger charge is -2.20.